The Balaban J connectivity index is 0. The minimum absolute atomic E-state index is 0. The van der Waals surface area contributed by atoms with Crippen molar-refractivity contribution in [2.75, 3.05) is 0 Å². The van der Waals surface area contributed by atoms with E-state index in [-0.39, 0.29) is 54.8 Å². The van der Waals surface area contributed by atoms with Crippen molar-refractivity contribution in [3.05, 3.63) is 0 Å². The van der Waals surface area contributed by atoms with Gasteiger partial charge in [-0.25, -0.2) is 0 Å². The normalized spacial score (nSPS) is 11.8. The van der Waals surface area contributed by atoms with E-state index in [0.29, 0.717) is 0 Å². The monoisotopic (exact) mass is 240 g/mol. The zero-order valence-corrected chi connectivity index (χ0v) is 4.98. The fraction of sp³-hybridized carbons (Fsp3) is 0.833. The molecule has 1 atom stereocenters. The van der Waals surface area contributed by atoms with Crippen molar-refractivity contribution < 1.29 is 4.79 Å². The molecule has 1 nitrogen and oxygen atoms in total. The molecule has 1 unspecified atom stereocenters. The first-order chi connectivity index (χ1) is 3.31. The molecule has 0 aliphatic heterocycles. The van der Waals surface area contributed by atoms with Gasteiger partial charge in [0, 0.05) is 5.92 Å². The molecule has 0 saturated carbocycles. The molecule has 0 fully saturated rings. The van der Waals surface area contributed by atoms with E-state index in [0.717, 1.165) is 19.1 Å². The van der Waals surface area contributed by atoms with Crippen LogP contribution in [0.2, 0.25) is 0 Å². The molecule has 0 aromatic carbocycles. The van der Waals surface area contributed by atoms with Crippen LogP contribution in [-0.4, -0.2) is 55.2 Å². The Labute approximate surface area is 91.3 Å². The Morgan fingerprint density at radius 3 is 2.25 bits per heavy atom. The summed E-state index contributed by atoms with van der Waals surface area (Å²) in [7, 11) is 0. The summed E-state index contributed by atoms with van der Waals surface area (Å²) in [5.41, 5.74) is 0. The molecule has 0 N–H and O–H groups in total. The number of aldehydes is 1. The molecule has 0 radical (unpaired) electrons. The van der Waals surface area contributed by atoms with E-state index in [1.807, 2.05) is 6.92 Å². The van der Waals surface area contributed by atoms with Crippen LogP contribution in [0.5, 0.6) is 0 Å². The van der Waals surface area contributed by atoms with Crippen LogP contribution in [0, 0.1) is 5.92 Å². The van der Waals surface area contributed by atoms with Crippen LogP contribution in [0.25, 0.3) is 0 Å². The molecule has 8 heavy (non-hydrogen) atoms. The zero-order chi connectivity index (χ0) is 5.70. The van der Waals surface area contributed by atoms with Gasteiger partial charge in [0.2, 0.25) is 0 Å². The summed E-state index contributed by atoms with van der Waals surface area (Å²) in [6.07, 6.45) is 3.15. The predicted molar refractivity (Wildman–Crippen MR) is 38.7 cm³/mol. The summed E-state index contributed by atoms with van der Waals surface area (Å²) in [5.74, 6) is 0.269. The Hall–Kier alpha value is 1.24. The standard InChI is InChI=1S/C6H12O.Ba.2H/c1-3-4-6(2)5-7;;;/h5-6H,3-4H2,1-2H3;;;. The van der Waals surface area contributed by atoms with E-state index < -0.39 is 0 Å². The van der Waals surface area contributed by atoms with Gasteiger partial charge in [-0.05, 0) is 6.42 Å². The van der Waals surface area contributed by atoms with Gasteiger partial charge in [0.25, 0.3) is 0 Å². The Kier molecular flexibility index (Phi) is 12.3. The van der Waals surface area contributed by atoms with Gasteiger partial charge in [-0.3, -0.25) is 0 Å². The van der Waals surface area contributed by atoms with Crippen LogP contribution in [0.3, 0.4) is 0 Å². The molecule has 0 aliphatic rings. The Morgan fingerprint density at radius 2 is 2.12 bits per heavy atom. The number of rotatable bonds is 3. The van der Waals surface area contributed by atoms with Crippen molar-refractivity contribution in [3.8, 4) is 0 Å². The Morgan fingerprint density at radius 1 is 1.62 bits per heavy atom. The molecule has 0 aromatic rings. The summed E-state index contributed by atoms with van der Waals surface area (Å²) in [5, 5.41) is 0. The van der Waals surface area contributed by atoms with E-state index in [1.165, 1.54) is 0 Å². The average Bonchev–Trinajstić information content (AvgIpc) is 1.68. The predicted octanol–water partition coefficient (Wildman–Crippen LogP) is 0.705. The van der Waals surface area contributed by atoms with Gasteiger partial charge >= 0.3 is 48.9 Å². The average molecular weight is 240 g/mol. The van der Waals surface area contributed by atoms with E-state index in [9.17, 15) is 4.79 Å². The van der Waals surface area contributed by atoms with Gasteiger partial charge in [0.15, 0.2) is 0 Å². The van der Waals surface area contributed by atoms with Gasteiger partial charge in [-0.1, -0.05) is 20.3 Å². The number of hydrogen-bond donors (Lipinski definition) is 0. The molecule has 0 spiro atoms. The first-order valence-electron chi connectivity index (χ1n) is 2.76. The second kappa shape index (κ2) is 8.24. The molecular formula is C6H14BaO. The second-order valence-corrected chi connectivity index (χ2v) is 1.90. The SMILES string of the molecule is CCCC(C)C=O.[BaH2]. The van der Waals surface area contributed by atoms with E-state index >= 15 is 0 Å². The fourth-order valence-electron chi connectivity index (χ4n) is 0.523. The maximum atomic E-state index is 9.89. The number of hydrogen-bond acceptors (Lipinski definition) is 1. The van der Waals surface area contributed by atoms with Crippen LogP contribution in [0.1, 0.15) is 26.7 Å². The van der Waals surface area contributed by atoms with Gasteiger partial charge in [-0.2, -0.15) is 0 Å². The fourth-order valence-corrected chi connectivity index (χ4v) is 0.523. The van der Waals surface area contributed by atoms with Crippen LogP contribution in [-0.2, 0) is 4.79 Å². The molecule has 0 rings (SSSR count). The summed E-state index contributed by atoms with van der Waals surface area (Å²) < 4.78 is 0. The molecular weight excluding hydrogens is 225 g/mol. The number of carbonyl (C=O) groups is 1. The third-order valence-corrected chi connectivity index (χ3v) is 0.976. The summed E-state index contributed by atoms with van der Waals surface area (Å²) in [6.45, 7) is 4.02. The van der Waals surface area contributed by atoms with Gasteiger partial charge < -0.3 is 4.79 Å². The molecule has 0 amide bonds. The molecule has 0 aromatic heterocycles. The topological polar surface area (TPSA) is 17.1 Å². The first-order valence-corrected chi connectivity index (χ1v) is 2.76. The molecule has 46 valence electrons. The van der Waals surface area contributed by atoms with E-state index in [2.05, 4.69) is 6.92 Å². The molecule has 0 saturated heterocycles. The van der Waals surface area contributed by atoms with Crippen molar-refractivity contribution in [3.63, 3.8) is 0 Å². The quantitative estimate of drug-likeness (QED) is 0.524. The van der Waals surface area contributed by atoms with Crippen molar-refractivity contribution in [1.82, 2.24) is 0 Å². The third kappa shape index (κ3) is 7.24. The molecule has 2 heteroatoms. The van der Waals surface area contributed by atoms with Crippen LogP contribution in [0.15, 0.2) is 0 Å². The summed E-state index contributed by atoms with van der Waals surface area (Å²) in [4.78, 5) is 9.89. The van der Waals surface area contributed by atoms with Crippen LogP contribution >= 0.6 is 0 Å². The van der Waals surface area contributed by atoms with Crippen molar-refractivity contribution in [2.45, 2.75) is 26.7 Å². The first kappa shape index (κ1) is 12.0. The van der Waals surface area contributed by atoms with Crippen molar-refractivity contribution >= 4 is 55.2 Å². The zero-order valence-electron chi connectivity index (χ0n) is 4.98. The molecule has 0 bridgehead atoms. The summed E-state index contributed by atoms with van der Waals surface area (Å²) >= 11 is 0. The van der Waals surface area contributed by atoms with E-state index in [4.69, 9.17) is 0 Å². The molecule has 0 aliphatic carbocycles. The third-order valence-electron chi connectivity index (χ3n) is 0.976. The van der Waals surface area contributed by atoms with Crippen LogP contribution < -0.4 is 0 Å². The maximum absolute atomic E-state index is 9.89. The van der Waals surface area contributed by atoms with Gasteiger partial charge in [0.05, 0.1) is 0 Å². The summed E-state index contributed by atoms with van der Waals surface area (Å²) in [6, 6.07) is 0. The van der Waals surface area contributed by atoms with Gasteiger partial charge in [0.1, 0.15) is 6.29 Å². The Bertz CT molecular complexity index is 54.5. The van der Waals surface area contributed by atoms with Crippen molar-refractivity contribution in [1.29, 1.82) is 0 Å². The van der Waals surface area contributed by atoms with Crippen molar-refractivity contribution in [2.24, 2.45) is 5.92 Å². The minimum atomic E-state index is 0. The molecule has 0 heterocycles. The van der Waals surface area contributed by atoms with Gasteiger partial charge in [-0.15, -0.1) is 0 Å². The second-order valence-electron chi connectivity index (χ2n) is 1.90. The number of carbonyl (C=O) groups excluding carboxylic acids is 1. The van der Waals surface area contributed by atoms with E-state index in [1.54, 1.807) is 0 Å². The van der Waals surface area contributed by atoms with Crippen LogP contribution in [0.4, 0.5) is 0 Å².